The molecule has 0 fully saturated rings. The molecule has 2 heterocycles. The van der Waals surface area contributed by atoms with Crippen LogP contribution in [0.4, 0.5) is 0 Å². The molecule has 0 bridgehead atoms. The molecule has 0 spiro atoms. The zero-order valence-electron chi connectivity index (χ0n) is 13.3. The molecule has 0 unspecified atom stereocenters. The molecular formula is C16H15ClN2O3S2. The molecule has 5 nitrogen and oxygen atoms in total. The summed E-state index contributed by atoms with van der Waals surface area (Å²) in [5, 5.41) is 9.86. The molecule has 0 radical (unpaired) electrons. The fourth-order valence-electron chi connectivity index (χ4n) is 2.00. The lowest BCUT2D eigenvalue weighted by atomic mass is 10.2. The molecule has 1 aromatic carbocycles. The predicted molar refractivity (Wildman–Crippen MR) is 96.7 cm³/mol. The molecule has 3 aromatic rings. The van der Waals surface area contributed by atoms with E-state index in [9.17, 15) is 4.79 Å². The first-order chi connectivity index (χ1) is 11.3. The Hall–Kier alpha value is -1.57. The van der Waals surface area contributed by atoms with Gasteiger partial charge in [-0.05, 0) is 26.8 Å². The third-order valence-electron chi connectivity index (χ3n) is 2.87. The molecule has 126 valence electrons. The van der Waals surface area contributed by atoms with Gasteiger partial charge >= 0.3 is 5.97 Å². The SMILES string of the molecule is CC(C)(C)OC(=O)CSc1nnc(-c2sc3ccccc3c2Cl)o1. The van der Waals surface area contributed by atoms with Crippen LogP contribution in [0, 0.1) is 0 Å². The Labute approximate surface area is 152 Å². The lowest BCUT2D eigenvalue weighted by Crippen LogP contribution is -2.24. The first-order valence-electron chi connectivity index (χ1n) is 7.19. The van der Waals surface area contributed by atoms with Crippen molar-refractivity contribution in [2.45, 2.75) is 31.6 Å². The van der Waals surface area contributed by atoms with Crippen molar-refractivity contribution in [3.8, 4) is 10.8 Å². The molecule has 0 saturated carbocycles. The Balaban J connectivity index is 1.73. The molecule has 0 aliphatic heterocycles. The van der Waals surface area contributed by atoms with Crippen molar-refractivity contribution in [2.75, 3.05) is 5.75 Å². The summed E-state index contributed by atoms with van der Waals surface area (Å²) in [4.78, 5) is 12.5. The van der Waals surface area contributed by atoms with Crippen molar-refractivity contribution >= 4 is 50.8 Å². The maximum absolute atomic E-state index is 11.7. The maximum atomic E-state index is 11.7. The lowest BCUT2D eigenvalue weighted by Gasteiger charge is -2.18. The van der Waals surface area contributed by atoms with E-state index >= 15 is 0 Å². The van der Waals surface area contributed by atoms with Gasteiger partial charge in [0, 0.05) is 10.1 Å². The first kappa shape index (κ1) is 17.3. The number of carbonyl (C=O) groups is 1. The lowest BCUT2D eigenvalue weighted by molar-refractivity contribution is -0.151. The Kier molecular flexibility index (Phi) is 4.85. The summed E-state index contributed by atoms with van der Waals surface area (Å²) < 4.78 is 11.9. The predicted octanol–water partition coefficient (Wildman–Crippen LogP) is 5.04. The zero-order valence-corrected chi connectivity index (χ0v) is 15.7. The largest absolute Gasteiger partial charge is 0.459 e. The fourth-order valence-corrected chi connectivity index (χ4v) is 3.97. The maximum Gasteiger partial charge on any atom is 0.316 e. The molecule has 0 saturated heterocycles. The summed E-state index contributed by atoms with van der Waals surface area (Å²) in [6.07, 6.45) is 0. The molecule has 0 aliphatic carbocycles. The van der Waals surface area contributed by atoms with Crippen LogP contribution in [-0.4, -0.2) is 27.5 Å². The zero-order chi connectivity index (χ0) is 17.3. The number of rotatable bonds is 4. The van der Waals surface area contributed by atoms with Crippen LogP contribution < -0.4 is 0 Å². The van der Waals surface area contributed by atoms with Crippen LogP contribution in [0.3, 0.4) is 0 Å². The topological polar surface area (TPSA) is 65.2 Å². The molecule has 0 aliphatic rings. The standard InChI is InChI=1S/C16H15ClN2O3S2/c1-16(2,3)22-11(20)8-23-15-19-18-14(21-15)13-12(17)9-6-4-5-7-10(9)24-13/h4-7H,8H2,1-3H3. The van der Waals surface area contributed by atoms with Gasteiger partial charge in [0.15, 0.2) is 0 Å². The van der Waals surface area contributed by atoms with Crippen molar-refractivity contribution in [3.63, 3.8) is 0 Å². The number of thiophene rings is 1. The average molecular weight is 383 g/mol. The summed E-state index contributed by atoms with van der Waals surface area (Å²) in [5.41, 5.74) is -0.512. The smallest absolute Gasteiger partial charge is 0.316 e. The highest BCUT2D eigenvalue weighted by Gasteiger charge is 2.20. The molecule has 0 N–H and O–H groups in total. The van der Waals surface area contributed by atoms with E-state index in [-0.39, 0.29) is 11.7 Å². The van der Waals surface area contributed by atoms with E-state index in [2.05, 4.69) is 10.2 Å². The molecule has 2 aromatic heterocycles. The summed E-state index contributed by atoms with van der Waals surface area (Å²) >= 11 is 9.04. The van der Waals surface area contributed by atoms with Gasteiger partial charge in [-0.3, -0.25) is 4.79 Å². The molecule has 0 amide bonds. The van der Waals surface area contributed by atoms with Crippen molar-refractivity contribution in [3.05, 3.63) is 29.3 Å². The molecule has 8 heteroatoms. The Morgan fingerprint density at radius 1 is 1.33 bits per heavy atom. The van der Waals surface area contributed by atoms with E-state index in [1.807, 2.05) is 45.0 Å². The van der Waals surface area contributed by atoms with Crippen molar-refractivity contribution in [1.82, 2.24) is 10.2 Å². The highest BCUT2D eigenvalue weighted by Crippen LogP contribution is 2.41. The molecular weight excluding hydrogens is 368 g/mol. The fraction of sp³-hybridized carbons (Fsp3) is 0.312. The Morgan fingerprint density at radius 2 is 2.08 bits per heavy atom. The Morgan fingerprint density at radius 3 is 2.79 bits per heavy atom. The van der Waals surface area contributed by atoms with Gasteiger partial charge in [-0.15, -0.1) is 21.5 Å². The van der Waals surface area contributed by atoms with Gasteiger partial charge in [0.2, 0.25) is 0 Å². The van der Waals surface area contributed by atoms with Crippen molar-refractivity contribution in [1.29, 1.82) is 0 Å². The first-order valence-corrected chi connectivity index (χ1v) is 9.37. The van der Waals surface area contributed by atoms with Gasteiger partial charge in [-0.1, -0.05) is 41.6 Å². The van der Waals surface area contributed by atoms with Gasteiger partial charge in [0.1, 0.15) is 16.2 Å². The van der Waals surface area contributed by atoms with E-state index in [1.54, 1.807) is 0 Å². The van der Waals surface area contributed by atoms with Crippen LogP contribution >= 0.6 is 34.7 Å². The van der Waals surface area contributed by atoms with Gasteiger partial charge < -0.3 is 9.15 Å². The monoisotopic (exact) mass is 382 g/mol. The van der Waals surface area contributed by atoms with Gasteiger partial charge in [0.25, 0.3) is 11.1 Å². The molecule has 24 heavy (non-hydrogen) atoms. The van der Waals surface area contributed by atoms with E-state index in [0.717, 1.165) is 26.7 Å². The summed E-state index contributed by atoms with van der Waals surface area (Å²) in [5.74, 6) is 0.138. The third-order valence-corrected chi connectivity index (χ3v) is 5.32. The van der Waals surface area contributed by atoms with Gasteiger partial charge in [-0.25, -0.2) is 0 Å². The Bertz CT molecular complexity index is 883. The van der Waals surface area contributed by atoms with E-state index in [1.165, 1.54) is 11.3 Å². The molecule has 3 rings (SSSR count). The van der Waals surface area contributed by atoms with Gasteiger partial charge in [-0.2, -0.15) is 0 Å². The van der Waals surface area contributed by atoms with E-state index in [4.69, 9.17) is 20.8 Å². The number of ether oxygens (including phenoxy) is 1. The van der Waals surface area contributed by atoms with E-state index < -0.39 is 5.60 Å². The van der Waals surface area contributed by atoms with Crippen molar-refractivity contribution in [2.24, 2.45) is 0 Å². The summed E-state index contributed by atoms with van der Waals surface area (Å²) in [7, 11) is 0. The second-order valence-electron chi connectivity index (χ2n) is 5.99. The number of hydrogen-bond acceptors (Lipinski definition) is 7. The summed E-state index contributed by atoms with van der Waals surface area (Å²) in [6, 6.07) is 7.83. The van der Waals surface area contributed by atoms with Crippen LogP contribution in [0.15, 0.2) is 33.9 Å². The number of fused-ring (bicyclic) bond motifs is 1. The number of aromatic nitrogens is 2. The summed E-state index contributed by atoms with van der Waals surface area (Å²) in [6.45, 7) is 5.47. The number of thioether (sulfide) groups is 1. The number of benzene rings is 1. The second kappa shape index (κ2) is 6.74. The number of hydrogen-bond donors (Lipinski definition) is 0. The minimum atomic E-state index is -0.512. The molecule has 0 atom stereocenters. The number of nitrogens with zero attached hydrogens (tertiary/aromatic N) is 2. The number of carbonyl (C=O) groups excluding carboxylic acids is 1. The number of halogens is 1. The van der Waals surface area contributed by atoms with Gasteiger partial charge in [0.05, 0.1) is 5.02 Å². The minimum Gasteiger partial charge on any atom is -0.459 e. The highest BCUT2D eigenvalue weighted by atomic mass is 35.5. The van der Waals surface area contributed by atoms with Crippen LogP contribution in [-0.2, 0) is 9.53 Å². The highest BCUT2D eigenvalue weighted by molar-refractivity contribution is 7.99. The van der Waals surface area contributed by atoms with Crippen LogP contribution in [0.1, 0.15) is 20.8 Å². The average Bonchev–Trinajstić information content (AvgIpc) is 3.09. The minimum absolute atomic E-state index is 0.110. The van der Waals surface area contributed by atoms with Crippen LogP contribution in [0.25, 0.3) is 20.9 Å². The third kappa shape index (κ3) is 3.91. The van der Waals surface area contributed by atoms with Crippen LogP contribution in [0.2, 0.25) is 5.02 Å². The quantitative estimate of drug-likeness (QED) is 0.465. The normalized spacial score (nSPS) is 11.8. The second-order valence-corrected chi connectivity index (χ2v) is 8.35. The van der Waals surface area contributed by atoms with Crippen molar-refractivity contribution < 1.29 is 13.9 Å². The van der Waals surface area contributed by atoms with E-state index in [0.29, 0.717) is 16.1 Å². The van der Waals surface area contributed by atoms with Crippen LogP contribution in [0.5, 0.6) is 0 Å². The number of esters is 1.